The van der Waals surface area contributed by atoms with E-state index in [9.17, 15) is 4.79 Å². The topological polar surface area (TPSA) is 38.3 Å². The standard InChI is InChI=1S/C14H12ClNO2/c1-10(17)16-13-4-2-3-5-14(13)18-12-8-6-11(15)7-9-12/h2-9H,1H3,(H,16,17). The van der Waals surface area contributed by atoms with Gasteiger partial charge < -0.3 is 10.1 Å². The molecular formula is C14H12ClNO2. The van der Waals surface area contributed by atoms with E-state index in [1.165, 1.54) is 6.92 Å². The van der Waals surface area contributed by atoms with E-state index in [2.05, 4.69) is 5.32 Å². The summed E-state index contributed by atoms with van der Waals surface area (Å²) in [6, 6.07) is 14.3. The number of ether oxygens (including phenoxy) is 1. The third-order valence-electron chi connectivity index (χ3n) is 2.24. The van der Waals surface area contributed by atoms with Crippen LogP contribution in [0.5, 0.6) is 11.5 Å². The molecule has 0 saturated heterocycles. The number of para-hydroxylation sites is 2. The van der Waals surface area contributed by atoms with Crippen molar-refractivity contribution in [1.29, 1.82) is 0 Å². The first-order valence-electron chi connectivity index (χ1n) is 5.45. The molecule has 0 bridgehead atoms. The molecule has 18 heavy (non-hydrogen) atoms. The number of nitrogens with one attached hydrogen (secondary N) is 1. The van der Waals surface area contributed by atoms with E-state index < -0.39 is 0 Å². The molecule has 0 unspecified atom stereocenters. The second-order valence-electron chi connectivity index (χ2n) is 3.73. The third kappa shape index (κ3) is 3.25. The van der Waals surface area contributed by atoms with Crippen molar-refractivity contribution in [2.45, 2.75) is 6.92 Å². The molecule has 0 spiro atoms. The first kappa shape index (κ1) is 12.5. The summed E-state index contributed by atoms with van der Waals surface area (Å²) in [5, 5.41) is 3.37. The maximum atomic E-state index is 11.1. The van der Waals surface area contributed by atoms with E-state index in [0.717, 1.165) is 0 Å². The van der Waals surface area contributed by atoms with Gasteiger partial charge in [-0.1, -0.05) is 23.7 Å². The molecule has 4 heteroatoms. The Hall–Kier alpha value is -2.00. The van der Waals surface area contributed by atoms with E-state index in [4.69, 9.17) is 16.3 Å². The number of anilines is 1. The normalized spacial score (nSPS) is 9.89. The molecule has 0 saturated carbocycles. The van der Waals surface area contributed by atoms with E-state index in [1.807, 2.05) is 12.1 Å². The van der Waals surface area contributed by atoms with Crippen LogP contribution < -0.4 is 10.1 Å². The predicted molar refractivity (Wildman–Crippen MR) is 72.3 cm³/mol. The maximum absolute atomic E-state index is 11.1. The third-order valence-corrected chi connectivity index (χ3v) is 2.49. The van der Waals surface area contributed by atoms with Crippen molar-refractivity contribution in [3.8, 4) is 11.5 Å². The minimum Gasteiger partial charge on any atom is -0.455 e. The number of carbonyl (C=O) groups excluding carboxylic acids is 1. The van der Waals surface area contributed by atoms with Gasteiger partial charge in [0.25, 0.3) is 0 Å². The molecule has 0 aromatic heterocycles. The van der Waals surface area contributed by atoms with Gasteiger partial charge in [-0.2, -0.15) is 0 Å². The number of amides is 1. The first-order valence-corrected chi connectivity index (χ1v) is 5.83. The van der Waals surface area contributed by atoms with E-state index in [-0.39, 0.29) is 5.91 Å². The fraction of sp³-hybridized carbons (Fsp3) is 0.0714. The summed E-state index contributed by atoms with van der Waals surface area (Å²) in [5.74, 6) is 1.12. The van der Waals surface area contributed by atoms with E-state index >= 15 is 0 Å². The van der Waals surface area contributed by atoms with Crippen molar-refractivity contribution in [2.75, 3.05) is 5.32 Å². The van der Waals surface area contributed by atoms with Crippen molar-refractivity contribution in [3.05, 3.63) is 53.6 Å². The first-order chi connectivity index (χ1) is 8.65. The van der Waals surface area contributed by atoms with Crippen molar-refractivity contribution in [2.24, 2.45) is 0 Å². The zero-order valence-electron chi connectivity index (χ0n) is 9.81. The van der Waals surface area contributed by atoms with Crippen LogP contribution in [0.15, 0.2) is 48.5 Å². The quantitative estimate of drug-likeness (QED) is 0.904. The average Bonchev–Trinajstić information content (AvgIpc) is 2.34. The van der Waals surface area contributed by atoms with Crippen LogP contribution in [0.3, 0.4) is 0 Å². The summed E-state index contributed by atoms with van der Waals surface area (Å²) < 4.78 is 5.69. The fourth-order valence-electron chi connectivity index (χ4n) is 1.48. The Morgan fingerprint density at radius 3 is 2.44 bits per heavy atom. The Morgan fingerprint density at radius 1 is 1.11 bits per heavy atom. The fourth-order valence-corrected chi connectivity index (χ4v) is 1.60. The van der Waals surface area contributed by atoms with Crippen LogP contribution in [0.2, 0.25) is 5.02 Å². The summed E-state index contributed by atoms with van der Waals surface area (Å²) in [5.41, 5.74) is 0.639. The van der Waals surface area contributed by atoms with Gasteiger partial charge in [-0.05, 0) is 36.4 Å². The van der Waals surface area contributed by atoms with Gasteiger partial charge in [0.05, 0.1) is 5.69 Å². The molecule has 2 rings (SSSR count). The summed E-state index contributed by atoms with van der Waals surface area (Å²) in [7, 11) is 0. The van der Waals surface area contributed by atoms with Crippen LogP contribution >= 0.6 is 11.6 Å². The molecule has 2 aromatic carbocycles. The minimum absolute atomic E-state index is 0.137. The molecule has 0 radical (unpaired) electrons. The zero-order chi connectivity index (χ0) is 13.0. The van der Waals surface area contributed by atoms with Crippen molar-refractivity contribution in [3.63, 3.8) is 0 Å². The van der Waals surface area contributed by atoms with Crippen LogP contribution in [0.4, 0.5) is 5.69 Å². The van der Waals surface area contributed by atoms with Gasteiger partial charge in [-0.3, -0.25) is 4.79 Å². The number of hydrogen-bond acceptors (Lipinski definition) is 2. The lowest BCUT2D eigenvalue weighted by Gasteiger charge is -2.11. The smallest absolute Gasteiger partial charge is 0.221 e. The van der Waals surface area contributed by atoms with Crippen LogP contribution in [0.25, 0.3) is 0 Å². The summed E-state index contributed by atoms with van der Waals surface area (Å²) in [6.07, 6.45) is 0. The molecule has 0 aliphatic rings. The Bertz CT molecular complexity index is 552. The van der Waals surface area contributed by atoms with Gasteiger partial charge in [0.15, 0.2) is 5.75 Å². The highest BCUT2D eigenvalue weighted by molar-refractivity contribution is 6.30. The highest BCUT2D eigenvalue weighted by Crippen LogP contribution is 2.29. The molecule has 2 aromatic rings. The molecule has 0 aliphatic heterocycles. The molecule has 3 nitrogen and oxygen atoms in total. The molecule has 0 atom stereocenters. The molecule has 0 aliphatic carbocycles. The van der Waals surface area contributed by atoms with Crippen molar-refractivity contribution in [1.82, 2.24) is 0 Å². The van der Waals surface area contributed by atoms with Crippen molar-refractivity contribution < 1.29 is 9.53 Å². The highest BCUT2D eigenvalue weighted by atomic mass is 35.5. The number of benzene rings is 2. The summed E-state index contributed by atoms with van der Waals surface area (Å²) in [6.45, 7) is 1.46. The van der Waals surface area contributed by atoms with Gasteiger partial charge in [0.2, 0.25) is 5.91 Å². The molecule has 0 heterocycles. The molecule has 1 N–H and O–H groups in total. The molecule has 1 amide bonds. The minimum atomic E-state index is -0.137. The molecule has 0 fully saturated rings. The van der Waals surface area contributed by atoms with Crippen molar-refractivity contribution >= 4 is 23.2 Å². The molecular weight excluding hydrogens is 250 g/mol. The van der Waals surface area contributed by atoms with Crippen LogP contribution in [-0.2, 0) is 4.79 Å². The summed E-state index contributed by atoms with van der Waals surface area (Å²) in [4.78, 5) is 11.1. The number of carbonyl (C=O) groups is 1. The SMILES string of the molecule is CC(=O)Nc1ccccc1Oc1ccc(Cl)cc1. The van der Waals surface area contributed by atoms with Crippen LogP contribution in [0, 0.1) is 0 Å². The average molecular weight is 262 g/mol. The second-order valence-corrected chi connectivity index (χ2v) is 4.17. The highest BCUT2D eigenvalue weighted by Gasteiger charge is 2.05. The van der Waals surface area contributed by atoms with Gasteiger partial charge in [0, 0.05) is 11.9 Å². The Labute approximate surface area is 110 Å². The largest absolute Gasteiger partial charge is 0.455 e. The van der Waals surface area contributed by atoms with E-state index in [1.54, 1.807) is 36.4 Å². The molecule has 92 valence electrons. The Balaban J connectivity index is 2.23. The van der Waals surface area contributed by atoms with Crippen LogP contribution in [0.1, 0.15) is 6.92 Å². The zero-order valence-corrected chi connectivity index (χ0v) is 10.6. The van der Waals surface area contributed by atoms with Gasteiger partial charge in [-0.15, -0.1) is 0 Å². The maximum Gasteiger partial charge on any atom is 0.221 e. The monoisotopic (exact) mass is 261 g/mol. The van der Waals surface area contributed by atoms with Gasteiger partial charge in [0.1, 0.15) is 5.75 Å². The van der Waals surface area contributed by atoms with Crippen LogP contribution in [-0.4, -0.2) is 5.91 Å². The predicted octanol–water partition coefficient (Wildman–Crippen LogP) is 4.09. The second kappa shape index (κ2) is 5.56. The number of hydrogen-bond donors (Lipinski definition) is 1. The summed E-state index contributed by atoms with van der Waals surface area (Å²) >= 11 is 5.80. The van der Waals surface area contributed by atoms with E-state index in [0.29, 0.717) is 22.2 Å². The lowest BCUT2D eigenvalue weighted by Crippen LogP contribution is -2.06. The Morgan fingerprint density at radius 2 is 1.78 bits per heavy atom. The number of rotatable bonds is 3. The lowest BCUT2D eigenvalue weighted by atomic mass is 10.3. The number of halogens is 1. The van der Waals surface area contributed by atoms with Gasteiger partial charge in [-0.25, -0.2) is 0 Å². The van der Waals surface area contributed by atoms with Gasteiger partial charge >= 0.3 is 0 Å². The lowest BCUT2D eigenvalue weighted by molar-refractivity contribution is -0.114. The Kier molecular flexibility index (Phi) is 3.85.